The molecular weight excluding hydrogens is 394 g/mol. The Labute approximate surface area is 182 Å². The Hall–Kier alpha value is -3.19. The van der Waals surface area contributed by atoms with E-state index in [1.807, 2.05) is 18.2 Å². The summed E-state index contributed by atoms with van der Waals surface area (Å²) in [6.45, 7) is 3.96. The summed E-state index contributed by atoms with van der Waals surface area (Å²) in [4.78, 5) is 41.8. The van der Waals surface area contributed by atoms with Crippen molar-refractivity contribution in [2.75, 3.05) is 33.3 Å². The van der Waals surface area contributed by atoms with Crippen LogP contribution in [-0.4, -0.2) is 60.8 Å². The number of imide groups is 1. The van der Waals surface area contributed by atoms with Crippen LogP contribution in [0.2, 0.25) is 0 Å². The second kappa shape index (κ2) is 9.31. The maximum Gasteiger partial charge on any atom is 0.261 e. The summed E-state index contributed by atoms with van der Waals surface area (Å²) in [6.07, 6.45) is 3.39. The SMILES string of the molecule is COc1ccccc1CN1C(=O)c2ccc(C(=O)NCCCN3CCCC3)cc2C1=O. The molecular formula is C24H27N3O4. The number of nitrogens with zero attached hydrogens (tertiary/aromatic N) is 2. The molecule has 0 saturated carbocycles. The average molecular weight is 421 g/mol. The van der Waals surface area contributed by atoms with Crippen molar-refractivity contribution in [3.63, 3.8) is 0 Å². The predicted molar refractivity (Wildman–Crippen MR) is 116 cm³/mol. The van der Waals surface area contributed by atoms with E-state index < -0.39 is 5.91 Å². The smallest absolute Gasteiger partial charge is 0.261 e. The highest BCUT2D eigenvalue weighted by atomic mass is 16.5. The number of carbonyl (C=O) groups is 3. The first kappa shape index (κ1) is 21.1. The van der Waals surface area contributed by atoms with Crippen LogP contribution in [0.3, 0.4) is 0 Å². The minimum Gasteiger partial charge on any atom is -0.496 e. The van der Waals surface area contributed by atoms with Crippen LogP contribution in [0.25, 0.3) is 0 Å². The van der Waals surface area contributed by atoms with Gasteiger partial charge in [0.15, 0.2) is 0 Å². The third kappa shape index (κ3) is 4.46. The number of hydrogen-bond donors (Lipinski definition) is 1. The Morgan fingerprint density at radius 3 is 2.55 bits per heavy atom. The van der Waals surface area contributed by atoms with Crippen LogP contribution in [0.5, 0.6) is 5.75 Å². The summed E-state index contributed by atoms with van der Waals surface area (Å²) in [5.41, 5.74) is 1.73. The van der Waals surface area contributed by atoms with Crippen molar-refractivity contribution in [3.05, 3.63) is 64.7 Å². The van der Waals surface area contributed by atoms with Crippen LogP contribution in [0.15, 0.2) is 42.5 Å². The van der Waals surface area contributed by atoms with Gasteiger partial charge in [-0.25, -0.2) is 0 Å². The number of amides is 3. The molecule has 162 valence electrons. The minimum absolute atomic E-state index is 0.119. The number of methoxy groups -OCH3 is 1. The molecule has 0 aromatic heterocycles. The Balaban J connectivity index is 1.40. The number of fused-ring (bicyclic) bond motifs is 1. The molecule has 0 atom stereocenters. The van der Waals surface area contributed by atoms with Crippen LogP contribution in [0.1, 0.15) is 55.9 Å². The first-order valence-corrected chi connectivity index (χ1v) is 10.7. The van der Waals surface area contributed by atoms with Crippen molar-refractivity contribution in [3.8, 4) is 5.75 Å². The molecule has 2 heterocycles. The van der Waals surface area contributed by atoms with Gasteiger partial charge in [0.05, 0.1) is 24.8 Å². The van der Waals surface area contributed by atoms with E-state index in [9.17, 15) is 14.4 Å². The normalized spacial score (nSPS) is 16.0. The maximum absolute atomic E-state index is 12.9. The van der Waals surface area contributed by atoms with Crippen LogP contribution in [0.4, 0.5) is 0 Å². The van der Waals surface area contributed by atoms with Gasteiger partial charge in [0.25, 0.3) is 17.7 Å². The molecule has 0 radical (unpaired) electrons. The summed E-state index contributed by atoms with van der Waals surface area (Å²) in [6, 6.07) is 12.0. The van der Waals surface area contributed by atoms with Crippen LogP contribution in [-0.2, 0) is 6.54 Å². The van der Waals surface area contributed by atoms with Crippen molar-refractivity contribution in [2.24, 2.45) is 0 Å². The topological polar surface area (TPSA) is 79.0 Å². The Bertz CT molecular complexity index is 998. The molecule has 4 rings (SSSR count). The van der Waals surface area contributed by atoms with Crippen molar-refractivity contribution in [1.29, 1.82) is 0 Å². The van der Waals surface area contributed by atoms with Crippen molar-refractivity contribution in [1.82, 2.24) is 15.1 Å². The third-order valence-corrected chi connectivity index (χ3v) is 5.89. The van der Waals surface area contributed by atoms with E-state index in [0.717, 1.165) is 31.6 Å². The van der Waals surface area contributed by atoms with E-state index in [0.29, 0.717) is 23.4 Å². The van der Waals surface area contributed by atoms with E-state index in [1.54, 1.807) is 25.3 Å². The van der Waals surface area contributed by atoms with Crippen molar-refractivity contribution >= 4 is 17.7 Å². The fourth-order valence-electron chi connectivity index (χ4n) is 4.19. The zero-order valence-corrected chi connectivity index (χ0v) is 17.7. The second-order valence-electron chi connectivity index (χ2n) is 7.93. The number of para-hydroxylation sites is 1. The van der Waals surface area contributed by atoms with E-state index in [-0.39, 0.29) is 23.9 Å². The molecule has 0 unspecified atom stereocenters. The molecule has 1 saturated heterocycles. The largest absolute Gasteiger partial charge is 0.496 e. The third-order valence-electron chi connectivity index (χ3n) is 5.89. The van der Waals surface area contributed by atoms with E-state index in [4.69, 9.17) is 4.74 Å². The molecule has 0 aliphatic carbocycles. The van der Waals surface area contributed by atoms with E-state index >= 15 is 0 Å². The van der Waals surface area contributed by atoms with Crippen LogP contribution < -0.4 is 10.1 Å². The molecule has 2 aromatic carbocycles. The fraction of sp³-hybridized carbons (Fsp3) is 0.375. The van der Waals surface area contributed by atoms with E-state index in [1.165, 1.54) is 23.8 Å². The molecule has 1 N–H and O–H groups in total. The number of nitrogens with one attached hydrogen (secondary N) is 1. The quantitative estimate of drug-likeness (QED) is 0.524. The second-order valence-corrected chi connectivity index (χ2v) is 7.93. The van der Waals surface area contributed by atoms with Crippen molar-refractivity contribution < 1.29 is 19.1 Å². The van der Waals surface area contributed by atoms with Gasteiger partial charge in [0.1, 0.15) is 5.75 Å². The summed E-state index contributed by atoms with van der Waals surface area (Å²) < 4.78 is 5.33. The predicted octanol–water partition coefficient (Wildman–Crippen LogP) is 2.71. The average Bonchev–Trinajstić information content (AvgIpc) is 3.39. The summed E-state index contributed by atoms with van der Waals surface area (Å²) in [7, 11) is 1.55. The molecule has 2 aromatic rings. The lowest BCUT2D eigenvalue weighted by atomic mass is 10.1. The molecule has 0 spiro atoms. The number of ether oxygens (including phenoxy) is 1. The highest BCUT2D eigenvalue weighted by Gasteiger charge is 2.36. The number of hydrogen-bond acceptors (Lipinski definition) is 5. The first-order valence-electron chi connectivity index (χ1n) is 10.7. The molecule has 7 heteroatoms. The molecule has 0 bridgehead atoms. The van der Waals surface area contributed by atoms with Gasteiger partial charge in [0.2, 0.25) is 0 Å². The van der Waals surface area contributed by atoms with Crippen molar-refractivity contribution in [2.45, 2.75) is 25.8 Å². The Morgan fingerprint density at radius 2 is 1.77 bits per heavy atom. The number of likely N-dealkylation sites (tertiary alicyclic amines) is 1. The highest BCUT2D eigenvalue weighted by molar-refractivity contribution is 6.22. The molecule has 7 nitrogen and oxygen atoms in total. The first-order chi connectivity index (χ1) is 15.1. The van der Waals surface area contributed by atoms with Gasteiger partial charge in [0, 0.05) is 17.7 Å². The zero-order chi connectivity index (χ0) is 21.8. The van der Waals surface area contributed by atoms with Gasteiger partial charge >= 0.3 is 0 Å². The van der Waals surface area contributed by atoms with Crippen LogP contribution >= 0.6 is 0 Å². The fourth-order valence-corrected chi connectivity index (χ4v) is 4.19. The number of rotatable bonds is 8. The van der Waals surface area contributed by atoms with E-state index in [2.05, 4.69) is 10.2 Å². The van der Waals surface area contributed by atoms with Gasteiger partial charge in [-0.3, -0.25) is 19.3 Å². The lowest BCUT2D eigenvalue weighted by molar-refractivity contribution is 0.0641. The van der Waals surface area contributed by atoms with Crippen LogP contribution in [0, 0.1) is 0 Å². The lowest BCUT2D eigenvalue weighted by Crippen LogP contribution is -2.29. The highest BCUT2D eigenvalue weighted by Crippen LogP contribution is 2.28. The summed E-state index contributed by atoms with van der Waals surface area (Å²) in [5, 5.41) is 2.91. The van der Waals surface area contributed by atoms with Gasteiger partial charge in [-0.05, 0) is 63.2 Å². The maximum atomic E-state index is 12.9. The molecule has 2 aliphatic heterocycles. The molecule has 2 aliphatic rings. The Kier molecular flexibility index (Phi) is 6.32. The van der Waals surface area contributed by atoms with Gasteiger partial charge in [-0.15, -0.1) is 0 Å². The lowest BCUT2D eigenvalue weighted by Gasteiger charge is -2.16. The number of benzene rings is 2. The summed E-state index contributed by atoms with van der Waals surface area (Å²) >= 11 is 0. The molecule has 1 fully saturated rings. The molecule has 3 amide bonds. The standard InChI is InChI=1S/C24H27N3O4/c1-31-21-8-3-2-7-18(21)16-27-23(29)19-10-9-17(15-20(19)24(27)30)22(28)25-11-6-14-26-12-4-5-13-26/h2-3,7-10,15H,4-6,11-14,16H2,1H3,(H,25,28). The Morgan fingerprint density at radius 1 is 1.03 bits per heavy atom. The van der Waals surface area contributed by atoms with Gasteiger partial charge in [-0.1, -0.05) is 18.2 Å². The zero-order valence-electron chi connectivity index (χ0n) is 17.7. The molecule has 31 heavy (non-hydrogen) atoms. The van der Waals surface area contributed by atoms with Gasteiger partial charge < -0.3 is 15.0 Å². The monoisotopic (exact) mass is 421 g/mol. The number of carbonyl (C=O) groups excluding carboxylic acids is 3. The van der Waals surface area contributed by atoms with Gasteiger partial charge in [-0.2, -0.15) is 0 Å². The summed E-state index contributed by atoms with van der Waals surface area (Å²) in [5.74, 6) is -0.362. The minimum atomic E-state index is -0.394.